The van der Waals surface area contributed by atoms with Crippen LogP contribution in [0.2, 0.25) is 0 Å². The van der Waals surface area contributed by atoms with Gasteiger partial charge in [-0.1, -0.05) is 0 Å². The molecule has 0 bridgehead atoms. The molecular weight excluding hydrogens is 250 g/mol. The first-order valence-electron chi connectivity index (χ1n) is 5.89. The Balaban J connectivity index is 2.33. The van der Waals surface area contributed by atoms with E-state index in [1.165, 1.54) is 6.33 Å². The van der Waals surface area contributed by atoms with Crippen molar-refractivity contribution in [1.82, 2.24) is 9.97 Å². The lowest BCUT2D eigenvalue weighted by Crippen LogP contribution is -2.06. The molecule has 0 amide bonds. The van der Waals surface area contributed by atoms with Gasteiger partial charge in [-0.15, -0.1) is 0 Å². The Morgan fingerprint density at radius 3 is 2.63 bits per heavy atom. The molecule has 6 heteroatoms. The molecule has 19 heavy (non-hydrogen) atoms. The Morgan fingerprint density at radius 2 is 1.89 bits per heavy atom. The third-order valence-electron chi connectivity index (χ3n) is 2.61. The molecule has 1 aromatic heterocycles. The molecule has 0 unspecified atom stereocenters. The van der Waals surface area contributed by atoms with Crippen molar-refractivity contribution in [3.63, 3.8) is 0 Å². The predicted molar refractivity (Wildman–Crippen MR) is 70.6 cm³/mol. The molecule has 0 atom stereocenters. The molecule has 100 valence electrons. The van der Waals surface area contributed by atoms with Crippen molar-refractivity contribution in [2.75, 3.05) is 17.2 Å². The van der Waals surface area contributed by atoms with E-state index in [2.05, 4.69) is 20.6 Å². The van der Waals surface area contributed by atoms with Crippen LogP contribution in [0.5, 0.6) is 0 Å². The van der Waals surface area contributed by atoms with Crippen molar-refractivity contribution in [3.8, 4) is 0 Å². The molecule has 0 aliphatic carbocycles. The lowest BCUT2D eigenvalue weighted by Gasteiger charge is -2.12. The maximum Gasteiger partial charge on any atom is 0.146 e. The first kappa shape index (κ1) is 13.2. The smallest absolute Gasteiger partial charge is 0.146 e. The number of hydrogen-bond acceptors (Lipinski definition) is 4. The first-order chi connectivity index (χ1) is 9.11. The molecule has 0 fully saturated rings. The van der Waals surface area contributed by atoms with Crippen molar-refractivity contribution in [1.29, 1.82) is 0 Å². The number of aromatic nitrogens is 2. The second-order valence-electron chi connectivity index (χ2n) is 3.98. The van der Waals surface area contributed by atoms with Crippen LogP contribution in [0.3, 0.4) is 0 Å². The molecule has 0 radical (unpaired) electrons. The van der Waals surface area contributed by atoms with Gasteiger partial charge in [0.05, 0.1) is 5.69 Å². The number of hydrogen-bond donors (Lipinski definition) is 2. The lowest BCUT2D eigenvalue weighted by atomic mass is 10.2. The second-order valence-corrected chi connectivity index (χ2v) is 3.98. The molecular formula is C13H14F2N4. The Hall–Kier alpha value is -2.24. The molecule has 2 rings (SSSR count). The summed E-state index contributed by atoms with van der Waals surface area (Å²) in [6.45, 7) is 4.46. The van der Waals surface area contributed by atoms with Crippen molar-refractivity contribution in [2.45, 2.75) is 13.8 Å². The monoisotopic (exact) mass is 264 g/mol. The average Bonchev–Trinajstić information content (AvgIpc) is 2.39. The predicted octanol–water partition coefficient (Wildman–Crippen LogP) is 3.24. The molecule has 1 aromatic carbocycles. The van der Waals surface area contributed by atoms with Crippen LogP contribution >= 0.6 is 0 Å². The summed E-state index contributed by atoms with van der Waals surface area (Å²) >= 11 is 0. The van der Waals surface area contributed by atoms with Gasteiger partial charge in [-0.3, -0.25) is 0 Å². The largest absolute Gasteiger partial charge is 0.370 e. The fourth-order valence-corrected chi connectivity index (χ4v) is 1.64. The summed E-state index contributed by atoms with van der Waals surface area (Å²) in [4.78, 5) is 8.12. The summed E-state index contributed by atoms with van der Waals surface area (Å²) in [6, 6.07) is 3.22. The van der Waals surface area contributed by atoms with E-state index in [-0.39, 0.29) is 5.69 Å². The van der Waals surface area contributed by atoms with Gasteiger partial charge < -0.3 is 10.6 Å². The van der Waals surface area contributed by atoms with Gasteiger partial charge in [0.2, 0.25) is 0 Å². The molecule has 0 aliphatic heterocycles. The fourth-order valence-electron chi connectivity index (χ4n) is 1.64. The minimum absolute atomic E-state index is 0.0456. The molecule has 2 aromatic rings. The van der Waals surface area contributed by atoms with Crippen LogP contribution in [0.1, 0.15) is 12.5 Å². The maximum atomic E-state index is 13.5. The highest BCUT2D eigenvalue weighted by Crippen LogP contribution is 2.24. The quantitative estimate of drug-likeness (QED) is 0.890. The minimum atomic E-state index is -0.538. The number of anilines is 3. The van der Waals surface area contributed by atoms with E-state index in [0.29, 0.717) is 18.2 Å². The zero-order chi connectivity index (χ0) is 13.8. The van der Waals surface area contributed by atoms with Gasteiger partial charge >= 0.3 is 0 Å². The molecule has 2 N–H and O–H groups in total. The number of nitrogens with zero attached hydrogens (tertiary/aromatic N) is 2. The zero-order valence-corrected chi connectivity index (χ0v) is 10.7. The zero-order valence-electron chi connectivity index (χ0n) is 10.7. The highest BCUT2D eigenvalue weighted by atomic mass is 19.1. The third kappa shape index (κ3) is 2.96. The van der Waals surface area contributed by atoms with Gasteiger partial charge in [0.25, 0.3) is 0 Å². The highest BCUT2D eigenvalue weighted by molar-refractivity contribution is 5.64. The fraction of sp³-hybridized carbons (Fsp3) is 0.231. The van der Waals surface area contributed by atoms with Crippen LogP contribution in [0.25, 0.3) is 0 Å². The SMILES string of the molecule is CCNc1ncnc(Nc2cc(F)ccc2F)c1C. The van der Waals surface area contributed by atoms with E-state index in [1.54, 1.807) is 6.92 Å². The number of nitrogens with one attached hydrogen (secondary N) is 2. The van der Waals surface area contributed by atoms with Crippen LogP contribution in [-0.4, -0.2) is 16.5 Å². The van der Waals surface area contributed by atoms with Crippen LogP contribution in [-0.2, 0) is 0 Å². The van der Waals surface area contributed by atoms with E-state index in [1.807, 2.05) is 6.92 Å². The summed E-state index contributed by atoms with van der Waals surface area (Å²) in [7, 11) is 0. The molecule has 0 spiro atoms. The maximum absolute atomic E-state index is 13.5. The second kappa shape index (κ2) is 5.60. The van der Waals surface area contributed by atoms with Crippen molar-refractivity contribution >= 4 is 17.3 Å². The van der Waals surface area contributed by atoms with Crippen LogP contribution < -0.4 is 10.6 Å². The number of halogens is 2. The average molecular weight is 264 g/mol. The summed E-state index contributed by atoms with van der Waals surface area (Å²) in [5, 5.41) is 5.84. The Kier molecular flexibility index (Phi) is 3.89. The Bertz CT molecular complexity index is 587. The van der Waals surface area contributed by atoms with E-state index < -0.39 is 11.6 Å². The lowest BCUT2D eigenvalue weighted by molar-refractivity contribution is 0.603. The molecule has 4 nitrogen and oxygen atoms in total. The topological polar surface area (TPSA) is 49.8 Å². The minimum Gasteiger partial charge on any atom is -0.370 e. The third-order valence-corrected chi connectivity index (χ3v) is 2.61. The van der Waals surface area contributed by atoms with Crippen LogP contribution in [0.15, 0.2) is 24.5 Å². The van der Waals surface area contributed by atoms with Gasteiger partial charge in [0.1, 0.15) is 29.6 Å². The van der Waals surface area contributed by atoms with Gasteiger partial charge in [0, 0.05) is 18.2 Å². The standard InChI is InChI=1S/C13H14F2N4/c1-3-16-12-8(2)13(18-7-17-12)19-11-6-9(14)4-5-10(11)15/h4-7H,3H2,1-2H3,(H2,16,17,18,19). The summed E-state index contributed by atoms with van der Waals surface area (Å²) < 4.78 is 26.6. The molecule has 1 heterocycles. The molecule has 0 saturated carbocycles. The Labute approximate surface area is 109 Å². The van der Waals surface area contributed by atoms with Crippen molar-refractivity contribution < 1.29 is 8.78 Å². The molecule has 0 saturated heterocycles. The number of rotatable bonds is 4. The van der Waals surface area contributed by atoms with E-state index in [9.17, 15) is 8.78 Å². The molecule has 0 aliphatic rings. The van der Waals surface area contributed by atoms with E-state index in [0.717, 1.165) is 23.8 Å². The van der Waals surface area contributed by atoms with E-state index in [4.69, 9.17) is 0 Å². The summed E-state index contributed by atoms with van der Waals surface area (Å²) in [5.41, 5.74) is 0.789. The normalized spacial score (nSPS) is 10.3. The van der Waals surface area contributed by atoms with Crippen LogP contribution in [0, 0.1) is 18.6 Å². The van der Waals surface area contributed by atoms with E-state index >= 15 is 0 Å². The number of benzene rings is 1. The summed E-state index contributed by atoms with van der Waals surface area (Å²) in [6.07, 6.45) is 1.37. The Morgan fingerprint density at radius 1 is 1.16 bits per heavy atom. The van der Waals surface area contributed by atoms with Gasteiger partial charge in [-0.05, 0) is 26.0 Å². The first-order valence-corrected chi connectivity index (χ1v) is 5.89. The van der Waals surface area contributed by atoms with Gasteiger partial charge in [0.15, 0.2) is 0 Å². The van der Waals surface area contributed by atoms with Crippen molar-refractivity contribution in [3.05, 3.63) is 41.7 Å². The van der Waals surface area contributed by atoms with Gasteiger partial charge in [-0.2, -0.15) is 0 Å². The van der Waals surface area contributed by atoms with Crippen LogP contribution in [0.4, 0.5) is 26.1 Å². The highest BCUT2D eigenvalue weighted by Gasteiger charge is 2.09. The summed E-state index contributed by atoms with van der Waals surface area (Å²) in [5.74, 6) is 0.0548. The van der Waals surface area contributed by atoms with Crippen molar-refractivity contribution in [2.24, 2.45) is 0 Å². The van der Waals surface area contributed by atoms with Gasteiger partial charge in [-0.25, -0.2) is 18.7 Å².